The van der Waals surface area contributed by atoms with Crippen LogP contribution in [0.25, 0.3) is 0 Å². The molecule has 0 saturated carbocycles. The normalized spacial score (nSPS) is 11.6. The zero-order valence-corrected chi connectivity index (χ0v) is 11.8. The highest BCUT2D eigenvalue weighted by Gasteiger charge is 2.18. The Labute approximate surface area is 112 Å². The molecule has 0 fully saturated rings. The lowest BCUT2D eigenvalue weighted by molar-refractivity contribution is 0.590. The van der Waals surface area contributed by atoms with E-state index in [1.54, 1.807) is 17.1 Å². The van der Waals surface area contributed by atoms with Crippen molar-refractivity contribution in [1.82, 2.24) is 14.8 Å². The second-order valence-corrected chi connectivity index (χ2v) is 5.67. The van der Waals surface area contributed by atoms with Crippen LogP contribution in [0.2, 0.25) is 5.02 Å². The van der Waals surface area contributed by atoms with E-state index in [1.165, 1.54) is 0 Å². The van der Waals surface area contributed by atoms with Crippen LogP contribution < -0.4 is 5.32 Å². The number of nitrogens with one attached hydrogen (secondary N) is 1. The molecule has 0 atom stereocenters. The van der Waals surface area contributed by atoms with Gasteiger partial charge in [-0.1, -0.05) is 32.4 Å². The van der Waals surface area contributed by atoms with E-state index in [-0.39, 0.29) is 5.41 Å². The van der Waals surface area contributed by atoms with Gasteiger partial charge in [0.2, 0.25) is 0 Å². The Hall–Kier alpha value is -1.55. The maximum absolute atomic E-state index is 6.19. The summed E-state index contributed by atoms with van der Waals surface area (Å²) >= 11 is 6.19. The molecular weight excluding hydrogens is 248 g/mol. The van der Waals surface area contributed by atoms with E-state index in [1.807, 2.05) is 19.2 Å². The van der Waals surface area contributed by atoms with Crippen molar-refractivity contribution in [3.05, 3.63) is 35.1 Å². The molecule has 0 aliphatic heterocycles. The monoisotopic (exact) mass is 264 g/mol. The lowest BCUT2D eigenvalue weighted by atomic mass is 9.87. The second-order valence-electron chi connectivity index (χ2n) is 5.26. The van der Waals surface area contributed by atoms with E-state index in [0.29, 0.717) is 5.02 Å². The quantitative estimate of drug-likeness (QED) is 0.903. The third-order valence-corrected chi connectivity index (χ3v) is 3.04. The smallest absolute Gasteiger partial charge is 0.131 e. The van der Waals surface area contributed by atoms with E-state index < -0.39 is 0 Å². The molecule has 0 aliphatic carbocycles. The third-order valence-electron chi connectivity index (χ3n) is 2.74. The molecule has 0 spiro atoms. The molecule has 0 amide bonds. The first-order valence-corrected chi connectivity index (χ1v) is 6.17. The fourth-order valence-electron chi connectivity index (χ4n) is 1.71. The minimum absolute atomic E-state index is 0.0110. The maximum Gasteiger partial charge on any atom is 0.131 e. The summed E-state index contributed by atoms with van der Waals surface area (Å²) in [5, 5.41) is 8.02. The minimum atomic E-state index is -0.0110. The molecule has 2 heterocycles. The Kier molecular flexibility index (Phi) is 3.30. The molecule has 0 aromatic carbocycles. The van der Waals surface area contributed by atoms with Crippen LogP contribution in [0.1, 0.15) is 26.3 Å². The number of aryl methyl sites for hydroxylation is 1. The molecule has 2 aromatic rings. The predicted molar refractivity (Wildman–Crippen MR) is 74.4 cm³/mol. The minimum Gasteiger partial charge on any atom is -0.325 e. The summed E-state index contributed by atoms with van der Waals surface area (Å²) in [6.07, 6.45) is 3.42. The summed E-state index contributed by atoms with van der Waals surface area (Å²) in [6.45, 7) is 6.38. The summed E-state index contributed by atoms with van der Waals surface area (Å²) in [4.78, 5) is 4.28. The van der Waals surface area contributed by atoms with Crippen LogP contribution in [0.3, 0.4) is 0 Å². The van der Waals surface area contributed by atoms with Gasteiger partial charge in [-0.25, -0.2) is 4.98 Å². The van der Waals surface area contributed by atoms with Crippen molar-refractivity contribution in [2.24, 2.45) is 7.05 Å². The Bertz CT molecular complexity index is 554. The fourth-order valence-corrected chi connectivity index (χ4v) is 2.10. The molecule has 0 unspecified atom stereocenters. The molecule has 5 heteroatoms. The average molecular weight is 265 g/mol. The highest BCUT2D eigenvalue weighted by atomic mass is 35.5. The average Bonchev–Trinajstić information content (AvgIpc) is 2.66. The zero-order chi connectivity index (χ0) is 13.3. The topological polar surface area (TPSA) is 42.7 Å². The van der Waals surface area contributed by atoms with Gasteiger partial charge in [0, 0.05) is 19.3 Å². The summed E-state index contributed by atoms with van der Waals surface area (Å²) in [7, 11) is 1.88. The summed E-state index contributed by atoms with van der Waals surface area (Å²) in [5.74, 6) is 1.66. The highest BCUT2D eigenvalue weighted by Crippen LogP contribution is 2.31. The predicted octanol–water partition coefficient (Wildman–Crippen LogP) is 3.51. The summed E-state index contributed by atoms with van der Waals surface area (Å²) < 4.78 is 1.76. The van der Waals surface area contributed by atoms with Crippen LogP contribution in [0.4, 0.5) is 11.6 Å². The first kappa shape index (κ1) is 12.9. The van der Waals surface area contributed by atoms with Gasteiger partial charge in [-0.2, -0.15) is 5.10 Å². The van der Waals surface area contributed by atoms with Gasteiger partial charge in [-0.05, 0) is 17.0 Å². The third kappa shape index (κ3) is 2.64. The van der Waals surface area contributed by atoms with E-state index in [0.717, 1.165) is 17.2 Å². The van der Waals surface area contributed by atoms with E-state index in [4.69, 9.17) is 11.6 Å². The lowest BCUT2D eigenvalue weighted by Crippen LogP contribution is -2.13. The van der Waals surface area contributed by atoms with Gasteiger partial charge in [0.25, 0.3) is 0 Å². The van der Waals surface area contributed by atoms with Gasteiger partial charge in [0.05, 0.1) is 11.2 Å². The highest BCUT2D eigenvalue weighted by molar-refractivity contribution is 6.31. The summed E-state index contributed by atoms with van der Waals surface area (Å²) in [6, 6.07) is 3.88. The molecule has 0 aliphatic rings. The van der Waals surface area contributed by atoms with E-state index in [9.17, 15) is 0 Å². The van der Waals surface area contributed by atoms with Crippen LogP contribution in [0, 0.1) is 0 Å². The standard InChI is InChI=1S/C13H17ClN4/c1-13(2,3)9-7-11(15-8-10(9)14)17-12-5-6-16-18(12)4/h5-8H,1-4H3,(H,15,17). The van der Waals surface area contributed by atoms with Crippen molar-refractivity contribution in [3.8, 4) is 0 Å². The van der Waals surface area contributed by atoms with Crippen LogP contribution in [0.5, 0.6) is 0 Å². The van der Waals surface area contributed by atoms with Crippen LogP contribution in [-0.4, -0.2) is 14.8 Å². The second kappa shape index (κ2) is 4.61. The largest absolute Gasteiger partial charge is 0.325 e. The van der Waals surface area contributed by atoms with Crippen molar-refractivity contribution in [1.29, 1.82) is 0 Å². The number of hydrogen-bond acceptors (Lipinski definition) is 3. The number of nitrogens with zero attached hydrogens (tertiary/aromatic N) is 3. The number of rotatable bonds is 2. The Morgan fingerprint density at radius 3 is 2.61 bits per heavy atom. The molecule has 0 bridgehead atoms. The van der Waals surface area contributed by atoms with Gasteiger partial charge in [-0.3, -0.25) is 4.68 Å². The molecule has 2 rings (SSSR count). The Morgan fingerprint density at radius 1 is 1.33 bits per heavy atom. The first-order valence-electron chi connectivity index (χ1n) is 5.79. The number of anilines is 2. The van der Waals surface area contributed by atoms with Gasteiger partial charge in [0.15, 0.2) is 0 Å². The van der Waals surface area contributed by atoms with Crippen molar-refractivity contribution < 1.29 is 0 Å². The van der Waals surface area contributed by atoms with Crippen molar-refractivity contribution in [3.63, 3.8) is 0 Å². The van der Waals surface area contributed by atoms with Gasteiger partial charge in [-0.15, -0.1) is 0 Å². The van der Waals surface area contributed by atoms with Crippen molar-refractivity contribution >= 4 is 23.2 Å². The molecule has 1 N–H and O–H groups in total. The number of hydrogen-bond donors (Lipinski definition) is 1. The molecule has 96 valence electrons. The Balaban J connectivity index is 2.33. The first-order chi connectivity index (χ1) is 8.38. The van der Waals surface area contributed by atoms with Crippen LogP contribution in [0.15, 0.2) is 24.5 Å². The van der Waals surface area contributed by atoms with Crippen LogP contribution >= 0.6 is 11.6 Å². The fraction of sp³-hybridized carbons (Fsp3) is 0.385. The van der Waals surface area contributed by atoms with Gasteiger partial charge >= 0.3 is 0 Å². The van der Waals surface area contributed by atoms with Gasteiger partial charge in [0.1, 0.15) is 11.6 Å². The van der Waals surface area contributed by atoms with Crippen molar-refractivity contribution in [2.45, 2.75) is 26.2 Å². The summed E-state index contributed by atoms with van der Waals surface area (Å²) in [5.41, 5.74) is 1.06. The van der Waals surface area contributed by atoms with Gasteiger partial charge < -0.3 is 5.32 Å². The molecule has 2 aromatic heterocycles. The molecule has 0 saturated heterocycles. The lowest BCUT2D eigenvalue weighted by Gasteiger charge is -2.21. The molecular formula is C13H17ClN4. The van der Waals surface area contributed by atoms with Crippen molar-refractivity contribution in [2.75, 3.05) is 5.32 Å². The number of aromatic nitrogens is 3. The number of halogens is 1. The number of pyridine rings is 1. The zero-order valence-electron chi connectivity index (χ0n) is 11.0. The molecule has 18 heavy (non-hydrogen) atoms. The van der Waals surface area contributed by atoms with E-state index >= 15 is 0 Å². The van der Waals surface area contributed by atoms with Crippen LogP contribution in [-0.2, 0) is 12.5 Å². The maximum atomic E-state index is 6.19. The molecule has 0 radical (unpaired) electrons. The van der Waals surface area contributed by atoms with E-state index in [2.05, 4.69) is 36.2 Å². The molecule has 4 nitrogen and oxygen atoms in total. The Morgan fingerprint density at radius 2 is 2.06 bits per heavy atom. The SMILES string of the molecule is Cn1nccc1Nc1cc(C(C)(C)C)c(Cl)cn1.